The fraction of sp³-hybridized carbons (Fsp3) is 0.500. The van der Waals surface area contributed by atoms with E-state index in [1.54, 1.807) is 0 Å². The van der Waals surface area contributed by atoms with Crippen molar-refractivity contribution in [3.8, 4) is 0 Å². The summed E-state index contributed by atoms with van der Waals surface area (Å²) in [6.45, 7) is -0.0195. The first-order valence-electron chi connectivity index (χ1n) is 4.24. The minimum absolute atomic E-state index is 0.00568. The molecule has 0 bridgehead atoms. The summed E-state index contributed by atoms with van der Waals surface area (Å²) < 4.78 is 0. The van der Waals surface area contributed by atoms with E-state index < -0.39 is 36.5 Å². The van der Waals surface area contributed by atoms with Crippen molar-refractivity contribution >= 4 is 24.0 Å². The lowest BCUT2D eigenvalue weighted by molar-refractivity contribution is -0.157. The molecule has 0 radical (unpaired) electrons. The number of primary amides is 1. The lowest BCUT2D eigenvalue weighted by Crippen LogP contribution is -2.54. The Hall–Kier alpha value is -1.80. The molecule has 0 fully saturated rings. The quantitative estimate of drug-likeness (QED) is 0.336. The Kier molecular flexibility index (Phi) is 5.26. The highest BCUT2D eigenvalue weighted by atomic mass is 16.3. The van der Waals surface area contributed by atoms with Gasteiger partial charge in [-0.25, -0.2) is 0 Å². The van der Waals surface area contributed by atoms with Crippen LogP contribution in [0.4, 0.5) is 0 Å². The smallest absolute Gasteiger partial charge is 0.261 e. The highest BCUT2D eigenvalue weighted by Crippen LogP contribution is 2.02. The molecule has 2 unspecified atom stereocenters. The van der Waals surface area contributed by atoms with Crippen LogP contribution in [0, 0.1) is 0 Å². The molecular formula is C8H12N2O6. The first-order chi connectivity index (χ1) is 7.36. The number of imide groups is 1. The van der Waals surface area contributed by atoms with Gasteiger partial charge in [-0.3, -0.25) is 19.3 Å². The van der Waals surface area contributed by atoms with E-state index in [1.807, 2.05) is 0 Å². The third kappa shape index (κ3) is 3.11. The molecule has 90 valence electrons. The van der Waals surface area contributed by atoms with E-state index in [2.05, 4.69) is 0 Å². The summed E-state index contributed by atoms with van der Waals surface area (Å²) in [5, 5.41) is 17.5. The van der Waals surface area contributed by atoms with Gasteiger partial charge in [0.15, 0.2) is 18.4 Å². The normalized spacial score (nSPS) is 13.7. The number of aliphatic hydroxyl groups is 2. The van der Waals surface area contributed by atoms with Crippen molar-refractivity contribution in [3.05, 3.63) is 0 Å². The summed E-state index contributed by atoms with van der Waals surface area (Å²) in [6.07, 6.45) is -1.88. The number of carbonyl (C=O) groups is 4. The van der Waals surface area contributed by atoms with Gasteiger partial charge in [0.2, 0.25) is 11.8 Å². The number of nitrogens with zero attached hydrogens (tertiary/aromatic N) is 1. The summed E-state index contributed by atoms with van der Waals surface area (Å²) >= 11 is 0. The monoisotopic (exact) mass is 232 g/mol. The van der Waals surface area contributed by atoms with Gasteiger partial charge in [0.1, 0.15) is 0 Å². The van der Waals surface area contributed by atoms with Crippen molar-refractivity contribution in [1.82, 2.24) is 4.90 Å². The molecule has 8 nitrogen and oxygen atoms in total. The van der Waals surface area contributed by atoms with Crippen LogP contribution in [0.1, 0.15) is 6.92 Å². The Labute approximate surface area is 90.6 Å². The number of nitrogens with two attached hydrogens (primary N) is 1. The number of rotatable bonds is 5. The van der Waals surface area contributed by atoms with Crippen molar-refractivity contribution in [2.45, 2.75) is 19.1 Å². The molecule has 0 aromatic carbocycles. The lowest BCUT2D eigenvalue weighted by Gasteiger charge is -2.24. The zero-order valence-corrected chi connectivity index (χ0v) is 8.49. The third-order valence-corrected chi connectivity index (χ3v) is 1.73. The lowest BCUT2D eigenvalue weighted by atomic mass is 10.2. The third-order valence-electron chi connectivity index (χ3n) is 1.73. The van der Waals surface area contributed by atoms with Crippen LogP contribution in [0.15, 0.2) is 0 Å². The highest BCUT2D eigenvalue weighted by Gasteiger charge is 2.34. The zero-order valence-electron chi connectivity index (χ0n) is 8.49. The minimum Gasteiger partial charge on any atom is -0.393 e. The summed E-state index contributed by atoms with van der Waals surface area (Å²) in [5.74, 6) is -3.40. The molecule has 4 N–H and O–H groups in total. The summed E-state index contributed by atoms with van der Waals surface area (Å²) in [6, 6.07) is -1.79. The van der Waals surface area contributed by atoms with Crippen LogP contribution >= 0.6 is 0 Å². The van der Waals surface area contributed by atoms with Gasteiger partial charge in [0, 0.05) is 6.92 Å². The predicted octanol–water partition coefficient (Wildman–Crippen LogP) is -3.23. The zero-order chi connectivity index (χ0) is 12.9. The van der Waals surface area contributed by atoms with Gasteiger partial charge in [-0.1, -0.05) is 0 Å². The van der Waals surface area contributed by atoms with Gasteiger partial charge in [0.25, 0.3) is 5.91 Å². The molecule has 0 aromatic rings. The molecule has 3 amide bonds. The Balaban J connectivity index is 5.14. The molecular weight excluding hydrogens is 220 g/mol. The van der Waals surface area contributed by atoms with Gasteiger partial charge < -0.3 is 20.7 Å². The van der Waals surface area contributed by atoms with Crippen LogP contribution in [0.25, 0.3) is 0 Å². The molecule has 8 heteroatoms. The number of aldehydes is 1. The summed E-state index contributed by atoms with van der Waals surface area (Å²) in [7, 11) is 0. The van der Waals surface area contributed by atoms with E-state index in [9.17, 15) is 19.2 Å². The number of amides is 3. The molecule has 16 heavy (non-hydrogen) atoms. The van der Waals surface area contributed by atoms with Gasteiger partial charge in [-0.05, 0) is 0 Å². The number of aliphatic hydroxyl groups excluding tert-OH is 2. The van der Waals surface area contributed by atoms with Gasteiger partial charge in [-0.15, -0.1) is 0 Å². The molecule has 0 aliphatic rings. The van der Waals surface area contributed by atoms with Gasteiger partial charge in [-0.2, -0.15) is 0 Å². The average molecular weight is 232 g/mol. The number of carbonyl (C=O) groups excluding carboxylic acids is 4. The Morgan fingerprint density at radius 2 is 1.94 bits per heavy atom. The van der Waals surface area contributed by atoms with E-state index >= 15 is 0 Å². The fourth-order valence-corrected chi connectivity index (χ4v) is 0.982. The fourth-order valence-electron chi connectivity index (χ4n) is 0.982. The largest absolute Gasteiger partial charge is 0.393 e. The van der Waals surface area contributed by atoms with Crippen molar-refractivity contribution in [1.29, 1.82) is 0 Å². The maximum atomic E-state index is 11.3. The Morgan fingerprint density at radius 3 is 2.19 bits per heavy atom. The molecule has 0 aliphatic heterocycles. The average Bonchev–Trinajstić information content (AvgIpc) is 2.22. The van der Waals surface area contributed by atoms with Gasteiger partial charge in [0.05, 0.1) is 6.61 Å². The van der Waals surface area contributed by atoms with E-state index in [1.165, 1.54) is 0 Å². The van der Waals surface area contributed by atoms with Crippen LogP contribution < -0.4 is 5.73 Å². The minimum atomic E-state index is -1.88. The van der Waals surface area contributed by atoms with Crippen LogP contribution in [-0.2, 0) is 19.2 Å². The molecule has 0 saturated carbocycles. The predicted molar refractivity (Wildman–Crippen MR) is 49.7 cm³/mol. The maximum Gasteiger partial charge on any atom is 0.261 e. The van der Waals surface area contributed by atoms with Crippen LogP contribution in [0.3, 0.4) is 0 Å². The molecule has 0 heterocycles. The van der Waals surface area contributed by atoms with E-state index in [0.29, 0.717) is 0 Å². The van der Waals surface area contributed by atoms with Crippen molar-refractivity contribution < 1.29 is 29.4 Å². The number of hydrogen-bond acceptors (Lipinski definition) is 6. The molecule has 0 spiro atoms. The van der Waals surface area contributed by atoms with E-state index in [-0.39, 0.29) is 11.2 Å². The Morgan fingerprint density at radius 1 is 1.44 bits per heavy atom. The highest BCUT2D eigenvalue weighted by molar-refractivity contribution is 6.07. The van der Waals surface area contributed by atoms with Crippen LogP contribution in [0.5, 0.6) is 0 Å². The van der Waals surface area contributed by atoms with Crippen molar-refractivity contribution in [3.63, 3.8) is 0 Å². The van der Waals surface area contributed by atoms with Crippen molar-refractivity contribution in [2.24, 2.45) is 5.73 Å². The van der Waals surface area contributed by atoms with E-state index in [4.69, 9.17) is 15.9 Å². The summed E-state index contributed by atoms with van der Waals surface area (Å²) in [4.78, 5) is 43.9. The SMILES string of the molecule is CC(=O)N(C(=O)C(O)CO)C(C=O)C(N)=O. The topological polar surface area (TPSA) is 138 Å². The van der Waals surface area contributed by atoms with Crippen molar-refractivity contribution in [2.75, 3.05) is 6.61 Å². The second-order valence-corrected chi connectivity index (χ2v) is 2.91. The second-order valence-electron chi connectivity index (χ2n) is 2.91. The first kappa shape index (κ1) is 14.2. The number of hydrogen-bond donors (Lipinski definition) is 3. The Bertz CT molecular complexity index is 316. The maximum absolute atomic E-state index is 11.3. The van der Waals surface area contributed by atoms with Gasteiger partial charge >= 0.3 is 0 Å². The van der Waals surface area contributed by atoms with E-state index in [0.717, 1.165) is 6.92 Å². The first-order valence-corrected chi connectivity index (χ1v) is 4.24. The molecule has 0 rings (SSSR count). The molecule has 0 saturated heterocycles. The standard InChI is InChI=1S/C8H12N2O6/c1-4(13)10(5(2-11)7(9)15)8(16)6(14)3-12/h2,5-6,12,14H,3H2,1H3,(H2,9,15). The summed E-state index contributed by atoms with van der Waals surface area (Å²) in [5.41, 5.74) is 4.80. The van der Waals surface area contributed by atoms with Crippen LogP contribution in [0.2, 0.25) is 0 Å². The molecule has 0 aliphatic carbocycles. The molecule has 0 aromatic heterocycles. The second kappa shape index (κ2) is 5.93. The molecule has 2 atom stereocenters. The van der Waals surface area contributed by atoms with Crippen LogP contribution in [-0.4, -0.2) is 57.9 Å².